The number of rotatable bonds is 5. The Hall–Kier alpha value is -1.25. The van der Waals surface area contributed by atoms with Crippen LogP contribution in [0.15, 0.2) is 64.4 Å². The van der Waals surface area contributed by atoms with Crippen molar-refractivity contribution in [3.05, 3.63) is 60.2 Å². The van der Waals surface area contributed by atoms with Gasteiger partial charge in [-0.2, -0.15) is 0 Å². The van der Waals surface area contributed by atoms with Crippen molar-refractivity contribution in [1.29, 1.82) is 0 Å². The third-order valence-corrected chi connectivity index (χ3v) is 4.12. The van der Waals surface area contributed by atoms with Gasteiger partial charge in [-0.25, -0.2) is 0 Å². The number of benzene rings is 2. The van der Waals surface area contributed by atoms with Crippen LogP contribution in [-0.2, 0) is 0 Å². The molecular formula is C16H19NS. The highest BCUT2D eigenvalue weighted by Crippen LogP contribution is 2.33. The predicted molar refractivity (Wildman–Crippen MR) is 79.1 cm³/mol. The van der Waals surface area contributed by atoms with E-state index in [-0.39, 0.29) is 0 Å². The average molecular weight is 257 g/mol. The summed E-state index contributed by atoms with van der Waals surface area (Å²) in [5.74, 6) is 0. The molecular weight excluding hydrogens is 238 g/mol. The molecule has 0 aromatic heterocycles. The van der Waals surface area contributed by atoms with Crippen LogP contribution < -0.4 is 5.32 Å². The van der Waals surface area contributed by atoms with Gasteiger partial charge in [-0.15, -0.1) is 0 Å². The Morgan fingerprint density at radius 2 is 1.67 bits per heavy atom. The van der Waals surface area contributed by atoms with Crippen LogP contribution in [0.25, 0.3) is 0 Å². The molecule has 0 radical (unpaired) electrons. The molecule has 1 nitrogen and oxygen atoms in total. The normalized spacial score (nSPS) is 12.3. The molecule has 2 aromatic carbocycles. The zero-order valence-electron chi connectivity index (χ0n) is 10.9. The van der Waals surface area contributed by atoms with E-state index in [2.05, 4.69) is 66.8 Å². The zero-order valence-corrected chi connectivity index (χ0v) is 11.7. The third-order valence-electron chi connectivity index (χ3n) is 3.02. The first-order chi connectivity index (χ1) is 8.85. The summed E-state index contributed by atoms with van der Waals surface area (Å²) in [7, 11) is 2.03. The molecule has 0 aliphatic carbocycles. The lowest BCUT2D eigenvalue weighted by Gasteiger charge is -2.18. The van der Waals surface area contributed by atoms with Crippen molar-refractivity contribution in [2.45, 2.75) is 29.2 Å². The molecule has 0 amide bonds. The third kappa shape index (κ3) is 3.15. The molecule has 0 aliphatic rings. The van der Waals surface area contributed by atoms with Crippen molar-refractivity contribution in [2.24, 2.45) is 0 Å². The van der Waals surface area contributed by atoms with E-state index in [1.807, 2.05) is 18.8 Å². The quantitative estimate of drug-likeness (QED) is 0.846. The van der Waals surface area contributed by atoms with Crippen molar-refractivity contribution < 1.29 is 0 Å². The van der Waals surface area contributed by atoms with E-state index >= 15 is 0 Å². The number of hydrogen-bond donors (Lipinski definition) is 1. The van der Waals surface area contributed by atoms with E-state index in [0.717, 1.165) is 6.42 Å². The standard InChI is InChI=1S/C16H19NS/c1-3-15(17-2)14-11-7-8-12-16(14)18-13-9-5-4-6-10-13/h4-12,15,17H,3H2,1-2H3. The molecule has 2 rings (SSSR count). The Labute approximate surface area is 114 Å². The Morgan fingerprint density at radius 3 is 2.33 bits per heavy atom. The van der Waals surface area contributed by atoms with Gasteiger partial charge in [0.05, 0.1) is 0 Å². The van der Waals surface area contributed by atoms with E-state index in [4.69, 9.17) is 0 Å². The zero-order chi connectivity index (χ0) is 12.8. The van der Waals surface area contributed by atoms with E-state index in [1.54, 1.807) is 0 Å². The SMILES string of the molecule is CCC(NC)c1ccccc1Sc1ccccc1. The molecule has 0 bridgehead atoms. The van der Waals surface area contributed by atoms with Gasteiger partial charge < -0.3 is 5.32 Å². The van der Waals surface area contributed by atoms with Gasteiger partial charge in [0.1, 0.15) is 0 Å². The Balaban J connectivity index is 2.28. The lowest BCUT2D eigenvalue weighted by atomic mass is 10.1. The van der Waals surface area contributed by atoms with Crippen molar-refractivity contribution in [3.8, 4) is 0 Å². The van der Waals surface area contributed by atoms with Crippen molar-refractivity contribution in [1.82, 2.24) is 5.32 Å². The van der Waals surface area contributed by atoms with E-state index in [0.29, 0.717) is 6.04 Å². The molecule has 0 spiro atoms. The summed E-state index contributed by atoms with van der Waals surface area (Å²) in [4.78, 5) is 2.63. The minimum Gasteiger partial charge on any atom is -0.313 e. The Kier molecular flexibility index (Phi) is 4.85. The smallest absolute Gasteiger partial charge is 0.0326 e. The lowest BCUT2D eigenvalue weighted by molar-refractivity contribution is 0.568. The molecule has 0 saturated heterocycles. The van der Waals surface area contributed by atoms with Crippen LogP contribution in [0.5, 0.6) is 0 Å². The molecule has 18 heavy (non-hydrogen) atoms. The largest absolute Gasteiger partial charge is 0.313 e. The monoisotopic (exact) mass is 257 g/mol. The van der Waals surface area contributed by atoms with Crippen molar-refractivity contribution >= 4 is 11.8 Å². The maximum atomic E-state index is 3.38. The van der Waals surface area contributed by atoms with Gasteiger partial charge in [0.2, 0.25) is 0 Å². The van der Waals surface area contributed by atoms with E-state index in [1.165, 1.54) is 15.4 Å². The van der Waals surface area contributed by atoms with Crippen LogP contribution in [0.1, 0.15) is 24.9 Å². The summed E-state index contributed by atoms with van der Waals surface area (Å²) in [5, 5.41) is 3.38. The Bertz CT molecular complexity index is 477. The number of nitrogens with one attached hydrogen (secondary N) is 1. The first-order valence-corrected chi connectivity index (χ1v) is 7.16. The Morgan fingerprint density at radius 1 is 1.00 bits per heavy atom. The van der Waals surface area contributed by atoms with Gasteiger partial charge in [0.15, 0.2) is 0 Å². The van der Waals surface area contributed by atoms with Crippen LogP contribution >= 0.6 is 11.8 Å². The van der Waals surface area contributed by atoms with Gasteiger partial charge in [-0.05, 0) is 37.2 Å². The van der Waals surface area contributed by atoms with Crippen molar-refractivity contribution in [3.63, 3.8) is 0 Å². The molecule has 2 heteroatoms. The molecule has 1 N–H and O–H groups in total. The minimum atomic E-state index is 0.428. The second kappa shape index (κ2) is 6.62. The summed E-state index contributed by atoms with van der Waals surface area (Å²) in [6, 6.07) is 19.6. The second-order valence-corrected chi connectivity index (χ2v) is 5.32. The first-order valence-electron chi connectivity index (χ1n) is 6.34. The first kappa shape index (κ1) is 13.2. The van der Waals surface area contributed by atoms with Crippen LogP contribution in [-0.4, -0.2) is 7.05 Å². The molecule has 2 aromatic rings. The minimum absolute atomic E-state index is 0.428. The maximum Gasteiger partial charge on any atom is 0.0326 e. The summed E-state index contributed by atoms with van der Waals surface area (Å²) in [6.45, 7) is 2.21. The fourth-order valence-corrected chi connectivity index (χ4v) is 3.08. The topological polar surface area (TPSA) is 12.0 Å². The summed E-state index contributed by atoms with van der Waals surface area (Å²) in [6.07, 6.45) is 1.10. The molecule has 0 fully saturated rings. The van der Waals surface area contributed by atoms with Crippen molar-refractivity contribution in [2.75, 3.05) is 7.05 Å². The second-order valence-electron chi connectivity index (χ2n) is 4.20. The van der Waals surface area contributed by atoms with Gasteiger partial charge in [0.25, 0.3) is 0 Å². The molecule has 0 aliphatic heterocycles. The fraction of sp³-hybridized carbons (Fsp3) is 0.250. The van der Waals surface area contributed by atoms with Gasteiger partial charge >= 0.3 is 0 Å². The predicted octanol–water partition coefficient (Wildman–Crippen LogP) is 4.51. The highest BCUT2D eigenvalue weighted by Gasteiger charge is 2.11. The highest BCUT2D eigenvalue weighted by molar-refractivity contribution is 7.99. The summed E-state index contributed by atoms with van der Waals surface area (Å²) in [5.41, 5.74) is 1.39. The fourth-order valence-electron chi connectivity index (χ4n) is 2.06. The van der Waals surface area contributed by atoms with Crippen LogP contribution in [0, 0.1) is 0 Å². The van der Waals surface area contributed by atoms with Gasteiger partial charge in [-0.1, -0.05) is 55.1 Å². The van der Waals surface area contributed by atoms with Crippen LogP contribution in [0.2, 0.25) is 0 Å². The van der Waals surface area contributed by atoms with Crippen LogP contribution in [0.4, 0.5) is 0 Å². The van der Waals surface area contributed by atoms with E-state index in [9.17, 15) is 0 Å². The van der Waals surface area contributed by atoms with E-state index < -0.39 is 0 Å². The van der Waals surface area contributed by atoms with Gasteiger partial charge in [-0.3, -0.25) is 0 Å². The molecule has 94 valence electrons. The summed E-state index contributed by atoms with van der Waals surface area (Å²) >= 11 is 1.83. The lowest BCUT2D eigenvalue weighted by Crippen LogP contribution is -2.15. The average Bonchev–Trinajstić information content (AvgIpc) is 2.43. The van der Waals surface area contributed by atoms with Crippen LogP contribution in [0.3, 0.4) is 0 Å². The highest BCUT2D eigenvalue weighted by atomic mass is 32.2. The molecule has 0 saturated carbocycles. The van der Waals surface area contributed by atoms with Gasteiger partial charge in [0, 0.05) is 15.8 Å². The maximum absolute atomic E-state index is 3.38. The summed E-state index contributed by atoms with van der Waals surface area (Å²) < 4.78 is 0. The molecule has 1 unspecified atom stereocenters. The molecule has 1 atom stereocenters. The molecule has 0 heterocycles. The number of hydrogen-bond acceptors (Lipinski definition) is 2.